The van der Waals surface area contributed by atoms with Crippen molar-refractivity contribution in [3.05, 3.63) is 183 Å². The number of rotatable bonds is 13. The number of hydrogen-bond acceptors (Lipinski definition) is 19. The summed E-state index contributed by atoms with van der Waals surface area (Å²) in [6.45, 7) is 4.15. The zero-order chi connectivity index (χ0) is 69.4. The van der Waals surface area contributed by atoms with Crippen molar-refractivity contribution < 1.29 is 89.1 Å². The summed E-state index contributed by atoms with van der Waals surface area (Å²) in [4.78, 5) is 108. The van der Waals surface area contributed by atoms with E-state index in [2.05, 4.69) is 83.6 Å². The van der Waals surface area contributed by atoms with Gasteiger partial charge in [0.2, 0.25) is 0 Å². The molecule has 0 bridgehead atoms. The normalized spacial score (nSPS) is 19.2. The van der Waals surface area contributed by atoms with Crippen LogP contribution in [0.5, 0.6) is 0 Å². The van der Waals surface area contributed by atoms with Gasteiger partial charge in [-0.1, -0.05) is 59.9 Å². The second-order valence-corrected chi connectivity index (χ2v) is 25.1. The third-order valence-electron chi connectivity index (χ3n) is 15.2. The average molecular weight is 1570 g/mol. The number of carboxylic acids is 3. The highest BCUT2D eigenvalue weighted by Crippen LogP contribution is 2.40. The maximum absolute atomic E-state index is 14.8. The predicted molar refractivity (Wildman–Crippen MR) is 345 cm³/mol. The van der Waals surface area contributed by atoms with Gasteiger partial charge in [0.1, 0.15) is 35.4 Å². The number of carboxylic acid groups (broad SMARTS) is 3. The number of nitrogens with zero attached hydrogens (tertiary/aromatic N) is 9. The van der Waals surface area contributed by atoms with Crippen molar-refractivity contribution in [2.24, 2.45) is 9.98 Å². The van der Waals surface area contributed by atoms with Crippen LogP contribution in [0.1, 0.15) is 53.9 Å². The van der Waals surface area contributed by atoms with Crippen LogP contribution in [-0.2, 0) is 23.9 Å². The molecule has 6 aliphatic heterocycles. The number of halogens is 10. The van der Waals surface area contributed by atoms with Gasteiger partial charge in [-0.25, -0.2) is 61.1 Å². The van der Waals surface area contributed by atoms with Gasteiger partial charge in [-0.2, -0.15) is 13.2 Å². The molecule has 8 heterocycles. The highest BCUT2D eigenvalue weighted by atomic mass is 79.9. The number of hydrogen-bond donors (Lipinski definition) is 6. The van der Waals surface area contributed by atoms with E-state index >= 15 is 0 Å². The number of benzene rings is 4. The minimum absolute atomic E-state index is 0.0163. The van der Waals surface area contributed by atoms with Gasteiger partial charge in [0.05, 0.1) is 60.0 Å². The van der Waals surface area contributed by atoms with E-state index in [1.165, 1.54) is 95.2 Å². The van der Waals surface area contributed by atoms with Gasteiger partial charge in [0, 0.05) is 108 Å². The number of esters is 2. The van der Waals surface area contributed by atoms with Gasteiger partial charge in [-0.15, -0.1) is 22.7 Å². The number of aromatic carboxylic acids is 2. The number of carbonyl (C=O) groups excluding carboxylic acids is 4. The largest absolute Gasteiger partial charge is 0.490 e. The van der Waals surface area contributed by atoms with Crippen molar-refractivity contribution in [1.29, 1.82) is 0 Å². The zero-order valence-corrected chi connectivity index (χ0v) is 56.1. The molecule has 6 aromatic rings. The Labute approximate surface area is 573 Å². The number of carbonyl (C=O) groups is 7. The maximum Gasteiger partial charge on any atom is 0.490 e. The molecule has 4 amide bonds. The molecule has 0 radical (unpaired) electrons. The fourth-order valence-electron chi connectivity index (χ4n) is 10.8. The molecule has 6 N–H and O–H groups in total. The van der Waals surface area contributed by atoms with Crippen molar-refractivity contribution in [2.75, 3.05) is 88.3 Å². The van der Waals surface area contributed by atoms with E-state index < -0.39 is 65.6 Å². The summed E-state index contributed by atoms with van der Waals surface area (Å²) in [5, 5.41) is 40.1. The summed E-state index contributed by atoms with van der Waals surface area (Å²) in [5.74, 6) is -7.60. The SMILES string of the molecule is COC(=O)C1=C(CBr)NC(c2nccs2)=N[C@H]1c1ccc(F)cc1Br.COC(=O)C1=C(CN2CCN3C(=O)N(c4ccc(C(=O)O)cc4F)C[C@@H]3C2)NC(c2nccs2)=N[C@H]1c1ccc(F)cc1Br.O=C(O)C(F)(F)F.O=C(O)c1ccc(N2C[C@@H]3CNCCN3C2=O)c(F)c1. The Kier molecular flexibility index (Phi) is 23.1. The Bertz CT molecular complexity index is 4130. The summed E-state index contributed by atoms with van der Waals surface area (Å²) in [5.41, 5.74) is 2.83. The molecule has 96 heavy (non-hydrogen) atoms. The zero-order valence-electron chi connectivity index (χ0n) is 49.8. The topological polar surface area (TPSA) is 301 Å². The molecule has 0 saturated carbocycles. The number of fused-ring (bicyclic) bond motifs is 2. The third-order valence-corrected chi connectivity index (χ3v) is 18.7. The molecular weight excluding hydrogens is 1520 g/mol. The van der Waals surface area contributed by atoms with E-state index in [0.717, 1.165) is 18.7 Å². The molecule has 4 saturated heterocycles. The number of urea groups is 2. The molecule has 4 fully saturated rings. The summed E-state index contributed by atoms with van der Waals surface area (Å²) < 4.78 is 99.1. The molecule has 0 spiro atoms. The minimum Gasteiger partial charge on any atom is -0.478 e. The lowest BCUT2D eigenvalue weighted by Gasteiger charge is -2.38. The highest BCUT2D eigenvalue weighted by Gasteiger charge is 2.45. The molecule has 12 rings (SSSR count). The van der Waals surface area contributed by atoms with Crippen LogP contribution in [0.25, 0.3) is 0 Å². The van der Waals surface area contributed by atoms with E-state index in [1.807, 2.05) is 10.8 Å². The smallest absolute Gasteiger partial charge is 0.478 e. The number of allylic oxidation sites excluding steroid dienone is 1. The van der Waals surface area contributed by atoms with Crippen molar-refractivity contribution in [3.8, 4) is 0 Å². The van der Waals surface area contributed by atoms with Crippen LogP contribution in [-0.4, -0.2) is 190 Å². The first-order valence-electron chi connectivity index (χ1n) is 28.2. The number of alkyl halides is 4. The molecule has 4 atom stereocenters. The lowest BCUT2D eigenvalue weighted by Crippen LogP contribution is -2.53. The second-order valence-electron chi connectivity index (χ2n) is 21.1. The molecule has 24 nitrogen and oxygen atoms in total. The van der Waals surface area contributed by atoms with Crippen LogP contribution in [0.2, 0.25) is 0 Å². The van der Waals surface area contributed by atoms with Crippen LogP contribution in [0, 0.1) is 23.3 Å². The molecule has 6 aliphatic rings. The predicted octanol–water partition coefficient (Wildman–Crippen LogP) is 9.36. The standard InChI is InChI=1S/C29H25BrF2N6O5S.C16H12Br2FN3O2S.C13H14FN3O3.C2HF3O2/c1-43-28(41)23-21(34-25(26-33-6-9-44-26)35-24(23)18-4-3-16(31)11-19(18)30)14-36-7-8-37-17(12-36)13-38(29(37)42)22-5-2-15(27(39)40)10-20(22)32;1-24-16(23)12-11(7-17)21-14(15-20-4-5-25-15)22-13(12)9-3-2-8(19)6-10(9)18;14-10-5-8(12(18)19)1-2-11(10)17-7-9-6-15-3-4-16(9)13(17)20;3-2(4,5)1(6)7/h2-6,9-11,17,24H,7-8,12-14H2,1H3,(H,34,35)(H,39,40);2-6,13H,7H2,1H3,(H,21,22);1-2,5,9,15H,3-4,6-7H2,(H,18,19);(H,6,7)/t17-,24-;13-;9-;/m000./s1. The first-order valence-corrected chi connectivity index (χ1v) is 32.7. The van der Waals surface area contributed by atoms with E-state index in [9.17, 15) is 59.5 Å². The van der Waals surface area contributed by atoms with Gasteiger partial charge in [-0.3, -0.25) is 24.7 Å². The lowest BCUT2D eigenvalue weighted by molar-refractivity contribution is -0.192. The van der Waals surface area contributed by atoms with Gasteiger partial charge in [-0.05, 0) is 71.8 Å². The number of amidine groups is 2. The third kappa shape index (κ3) is 16.2. The molecule has 2 aromatic heterocycles. The van der Waals surface area contributed by atoms with Crippen molar-refractivity contribution in [2.45, 2.75) is 30.3 Å². The molecular formula is C60H52Br3F7N12O12S2. The highest BCUT2D eigenvalue weighted by molar-refractivity contribution is 9.11. The van der Waals surface area contributed by atoms with E-state index in [-0.39, 0.29) is 71.1 Å². The molecule has 4 aromatic carbocycles. The Morgan fingerprint density at radius 1 is 0.635 bits per heavy atom. The van der Waals surface area contributed by atoms with E-state index in [4.69, 9.17) is 34.6 Å². The number of nitrogens with one attached hydrogen (secondary N) is 3. The van der Waals surface area contributed by atoms with Crippen LogP contribution < -0.4 is 25.8 Å². The number of methoxy groups -OCH3 is 2. The monoisotopic (exact) mass is 1570 g/mol. The average Bonchev–Trinajstić information content (AvgIpc) is 1.29. The molecule has 506 valence electrons. The number of aromatic nitrogens is 2. The van der Waals surface area contributed by atoms with Crippen molar-refractivity contribution in [1.82, 2.24) is 40.6 Å². The summed E-state index contributed by atoms with van der Waals surface area (Å²) in [7, 11) is 2.60. The minimum atomic E-state index is -5.08. The van der Waals surface area contributed by atoms with Gasteiger partial charge in [0.25, 0.3) is 0 Å². The van der Waals surface area contributed by atoms with Crippen LogP contribution >= 0.6 is 70.5 Å². The number of amides is 4. The number of aliphatic carboxylic acids is 1. The molecule has 0 aliphatic carbocycles. The Morgan fingerprint density at radius 3 is 1.50 bits per heavy atom. The number of aliphatic imine (C=N–C) groups is 2. The van der Waals surface area contributed by atoms with Crippen molar-refractivity contribution >= 4 is 135 Å². The first-order chi connectivity index (χ1) is 45.7. The molecule has 36 heteroatoms. The fourth-order valence-corrected chi connectivity index (χ4v) is 13.5. The van der Waals surface area contributed by atoms with E-state index in [1.54, 1.807) is 34.3 Å². The van der Waals surface area contributed by atoms with E-state index in [0.29, 0.717) is 103 Å². The van der Waals surface area contributed by atoms with Gasteiger partial charge < -0.3 is 50.5 Å². The Hall–Kier alpha value is -8.68. The van der Waals surface area contributed by atoms with Crippen LogP contribution in [0.3, 0.4) is 0 Å². The number of anilines is 2. The summed E-state index contributed by atoms with van der Waals surface area (Å²) >= 11 is 13.0. The fraction of sp³-hybridized carbons (Fsp3) is 0.283. The number of thiazole rings is 2. The van der Waals surface area contributed by atoms with Gasteiger partial charge >= 0.3 is 48.1 Å². The Morgan fingerprint density at radius 2 is 1.09 bits per heavy atom. The number of ether oxygens (including phenoxy) is 2. The van der Waals surface area contributed by atoms with Gasteiger partial charge in [0.15, 0.2) is 21.7 Å². The van der Waals surface area contributed by atoms with Crippen LogP contribution in [0.15, 0.2) is 137 Å². The Balaban J connectivity index is 0.000000175. The number of piperazine rings is 2. The maximum atomic E-state index is 14.8. The summed E-state index contributed by atoms with van der Waals surface area (Å²) in [6.07, 6.45) is -1.76. The quantitative estimate of drug-likeness (QED) is 0.0356. The molecule has 0 unspecified atom stereocenters. The van der Waals surface area contributed by atoms with Crippen LogP contribution in [0.4, 0.5) is 51.7 Å². The summed E-state index contributed by atoms with van der Waals surface area (Å²) in [6, 6.07) is 13.3. The lowest BCUT2D eigenvalue weighted by atomic mass is 9.95. The van der Waals surface area contributed by atoms with Crippen molar-refractivity contribution in [3.63, 3.8) is 0 Å². The second kappa shape index (κ2) is 31.0. The first kappa shape index (κ1) is 71.6.